The highest BCUT2D eigenvalue weighted by Crippen LogP contribution is 2.35. The molecule has 6 heteroatoms. The average Bonchev–Trinajstić information content (AvgIpc) is 2.46. The van der Waals surface area contributed by atoms with Gasteiger partial charge >= 0.3 is 0 Å². The maximum absolute atomic E-state index is 14.1. The summed E-state index contributed by atoms with van der Waals surface area (Å²) in [6, 6.07) is 8.20. The van der Waals surface area contributed by atoms with Crippen molar-refractivity contribution in [1.82, 2.24) is 0 Å². The van der Waals surface area contributed by atoms with Crippen LogP contribution in [0.15, 0.2) is 36.4 Å². The highest BCUT2D eigenvalue weighted by atomic mass is 35.5. The van der Waals surface area contributed by atoms with Gasteiger partial charge in [0.2, 0.25) is 0 Å². The monoisotopic (exact) mass is 331 g/mol. The molecule has 2 aromatic carbocycles. The largest absolute Gasteiger partial charge is 0.388 e. The Bertz CT molecular complexity index is 652. The SMILES string of the molecule is NCC(c1cccc(Cl)c1F)C(O)c1cc(Cl)ccc1F. The smallest absolute Gasteiger partial charge is 0.145 e. The van der Waals surface area contributed by atoms with Crippen LogP contribution < -0.4 is 5.73 Å². The van der Waals surface area contributed by atoms with E-state index >= 15 is 0 Å². The van der Waals surface area contributed by atoms with Crippen LogP contribution in [-0.4, -0.2) is 11.7 Å². The molecule has 2 atom stereocenters. The Morgan fingerprint density at radius 1 is 1.10 bits per heavy atom. The Labute approximate surface area is 131 Å². The van der Waals surface area contributed by atoms with Crippen molar-refractivity contribution in [3.05, 3.63) is 69.2 Å². The van der Waals surface area contributed by atoms with Gasteiger partial charge in [-0.05, 0) is 29.8 Å². The van der Waals surface area contributed by atoms with Crippen LogP contribution >= 0.6 is 23.2 Å². The van der Waals surface area contributed by atoms with E-state index < -0.39 is 23.7 Å². The standard InChI is InChI=1S/C15H13Cl2F2NO/c16-8-4-5-13(18)10(6-8)15(21)11(7-20)9-2-1-3-12(17)14(9)19/h1-6,11,15,21H,7,20H2. The summed E-state index contributed by atoms with van der Waals surface area (Å²) >= 11 is 11.5. The highest BCUT2D eigenvalue weighted by Gasteiger charge is 2.27. The predicted octanol–water partition coefficient (Wildman–Crippen LogP) is 4.05. The molecule has 2 aromatic rings. The molecule has 0 saturated carbocycles. The molecule has 0 aliphatic carbocycles. The molecule has 0 fully saturated rings. The van der Waals surface area contributed by atoms with Gasteiger partial charge < -0.3 is 10.8 Å². The van der Waals surface area contributed by atoms with Crippen molar-refractivity contribution in [3.63, 3.8) is 0 Å². The summed E-state index contributed by atoms with van der Waals surface area (Å²) in [5.41, 5.74) is 5.73. The fourth-order valence-electron chi connectivity index (χ4n) is 2.19. The second-order valence-corrected chi connectivity index (χ2v) is 5.44. The van der Waals surface area contributed by atoms with Gasteiger partial charge in [-0.3, -0.25) is 0 Å². The Balaban J connectivity index is 2.45. The first-order valence-corrected chi connectivity index (χ1v) is 6.98. The van der Waals surface area contributed by atoms with E-state index in [9.17, 15) is 13.9 Å². The number of benzene rings is 2. The van der Waals surface area contributed by atoms with Crippen LogP contribution in [0.4, 0.5) is 8.78 Å². The summed E-state index contributed by atoms with van der Waals surface area (Å²) < 4.78 is 27.9. The van der Waals surface area contributed by atoms with Crippen LogP contribution in [0.3, 0.4) is 0 Å². The fourth-order valence-corrected chi connectivity index (χ4v) is 2.55. The first kappa shape index (κ1) is 16.2. The average molecular weight is 332 g/mol. The number of hydrogen-bond donors (Lipinski definition) is 2. The van der Waals surface area contributed by atoms with E-state index in [1.165, 1.54) is 24.3 Å². The minimum atomic E-state index is -1.33. The van der Waals surface area contributed by atoms with Crippen LogP contribution in [0.25, 0.3) is 0 Å². The molecule has 0 spiro atoms. The first-order chi connectivity index (χ1) is 9.95. The predicted molar refractivity (Wildman–Crippen MR) is 79.6 cm³/mol. The van der Waals surface area contributed by atoms with Crippen molar-refractivity contribution in [3.8, 4) is 0 Å². The van der Waals surface area contributed by atoms with Gasteiger partial charge in [0.05, 0.1) is 11.1 Å². The van der Waals surface area contributed by atoms with E-state index in [-0.39, 0.29) is 27.7 Å². The third-order valence-corrected chi connectivity index (χ3v) is 3.82. The van der Waals surface area contributed by atoms with E-state index in [2.05, 4.69) is 0 Å². The quantitative estimate of drug-likeness (QED) is 0.887. The molecule has 0 radical (unpaired) electrons. The van der Waals surface area contributed by atoms with Crippen LogP contribution in [0.1, 0.15) is 23.1 Å². The third kappa shape index (κ3) is 3.35. The van der Waals surface area contributed by atoms with Gasteiger partial charge in [-0.25, -0.2) is 8.78 Å². The number of aliphatic hydroxyl groups excluding tert-OH is 1. The van der Waals surface area contributed by atoms with Crippen molar-refractivity contribution < 1.29 is 13.9 Å². The number of hydrogen-bond acceptors (Lipinski definition) is 2. The zero-order chi connectivity index (χ0) is 15.6. The summed E-state index contributed by atoms with van der Waals surface area (Å²) in [7, 11) is 0. The van der Waals surface area contributed by atoms with Crippen LogP contribution in [-0.2, 0) is 0 Å². The van der Waals surface area contributed by atoms with Crippen molar-refractivity contribution in [2.24, 2.45) is 5.73 Å². The summed E-state index contributed by atoms with van der Waals surface area (Å²) in [5, 5.41) is 10.6. The lowest BCUT2D eigenvalue weighted by atomic mass is 9.88. The first-order valence-electron chi connectivity index (χ1n) is 6.22. The van der Waals surface area contributed by atoms with E-state index in [4.69, 9.17) is 28.9 Å². The summed E-state index contributed by atoms with van der Waals surface area (Å²) in [4.78, 5) is 0. The van der Waals surface area contributed by atoms with Crippen LogP contribution in [0.5, 0.6) is 0 Å². The molecule has 2 unspecified atom stereocenters. The van der Waals surface area contributed by atoms with Gasteiger partial charge in [-0.2, -0.15) is 0 Å². The van der Waals surface area contributed by atoms with Gasteiger partial charge in [0.1, 0.15) is 11.6 Å². The molecule has 2 nitrogen and oxygen atoms in total. The maximum atomic E-state index is 14.1. The van der Waals surface area contributed by atoms with Crippen molar-refractivity contribution >= 4 is 23.2 Å². The lowest BCUT2D eigenvalue weighted by Gasteiger charge is -2.23. The third-order valence-electron chi connectivity index (χ3n) is 3.29. The van der Waals surface area contributed by atoms with Crippen molar-refractivity contribution in [2.75, 3.05) is 6.54 Å². The molecule has 21 heavy (non-hydrogen) atoms. The maximum Gasteiger partial charge on any atom is 0.145 e. The molecule has 0 aromatic heterocycles. The molecule has 3 N–H and O–H groups in total. The molecular formula is C15H13Cl2F2NO. The molecule has 2 rings (SSSR count). The fraction of sp³-hybridized carbons (Fsp3) is 0.200. The molecule has 0 aliphatic rings. The normalized spacial score (nSPS) is 14.0. The number of rotatable bonds is 4. The number of nitrogens with two attached hydrogens (primary N) is 1. The van der Waals surface area contributed by atoms with Gasteiger partial charge in [-0.1, -0.05) is 35.3 Å². The molecule has 0 heterocycles. The molecule has 0 aliphatic heterocycles. The molecule has 0 saturated heterocycles. The second kappa shape index (κ2) is 6.71. The lowest BCUT2D eigenvalue weighted by molar-refractivity contribution is 0.141. The number of aliphatic hydroxyl groups is 1. The number of halogens is 4. The lowest BCUT2D eigenvalue weighted by Crippen LogP contribution is -2.22. The van der Waals surface area contributed by atoms with Crippen LogP contribution in [0, 0.1) is 11.6 Å². The van der Waals surface area contributed by atoms with Gasteiger partial charge in [0.15, 0.2) is 0 Å². The van der Waals surface area contributed by atoms with E-state index in [0.29, 0.717) is 0 Å². The molecule has 0 bridgehead atoms. The van der Waals surface area contributed by atoms with Gasteiger partial charge in [-0.15, -0.1) is 0 Å². The minimum Gasteiger partial charge on any atom is -0.388 e. The van der Waals surface area contributed by atoms with E-state index in [0.717, 1.165) is 6.07 Å². The van der Waals surface area contributed by atoms with Crippen LogP contribution in [0.2, 0.25) is 10.0 Å². The van der Waals surface area contributed by atoms with Gasteiger partial charge in [0.25, 0.3) is 0 Å². The van der Waals surface area contributed by atoms with Crippen molar-refractivity contribution in [2.45, 2.75) is 12.0 Å². The minimum absolute atomic E-state index is 0.0303. The second-order valence-electron chi connectivity index (χ2n) is 4.60. The van der Waals surface area contributed by atoms with Crippen molar-refractivity contribution in [1.29, 1.82) is 0 Å². The molecule has 0 amide bonds. The Morgan fingerprint density at radius 3 is 2.48 bits per heavy atom. The zero-order valence-corrected chi connectivity index (χ0v) is 12.4. The Morgan fingerprint density at radius 2 is 1.81 bits per heavy atom. The topological polar surface area (TPSA) is 46.2 Å². The van der Waals surface area contributed by atoms with E-state index in [1.807, 2.05) is 0 Å². The Kier molecular flexibility index (Phi) is 5.17. The highest BCUT2D eigenvalue weighted by molar-refractivity contribution is 6.31. The Hall–Kier alpha value is -1.20. The summed E-state index contributed by atoms with van der Waals surface area (Å²) in [5.74, 6) is -2.14. The van der Waals surface area contributed by atoms with E-state index in [1.54, 1.807) is 6.07 Å². The molecular weight excluding hydrogens is 319 g/mol. The zero-order valence-electron chi connectivity index (χ0n) is 10.9. The summed E-state index contributed by atoms with van der Waals surface area (Å²) in [6.45, 7) is -0.0790. The molecule has 112 valence electrons. The summed E-state index contributed by atoms with van der Waals surface area (Å²) in [6.07, 6.45) is -1.33. The van der Waals surface area contributed by atoms with Gasteiger partial charge in [0, 0.05) is 23.0 Å².